The van der Waals surface area contributed by atoms with E-state index in [1.54, 1.807) is 17.0 Å². The fraction of sp³-hybridized carbons (Fsp3) is 0.261. The lowest BCUT2D eigenvalue weighted by Gasteiger charge is -2.27. The summed E-state index contributed by atoms with van der Waals surface area (Å²) >= 11 is 0. The smallest absolute Gasteiger partial charge is 0.261 e. The monoisotopic (exact) mass is 424 g/mol. The Morgan fingerprint density at radius 1 is 0.933 bits per heavy atom. The van der Waals surface area contributed by atoms with E-state index in [1.807, 2.05) is 30.3 Å². The normalized spacial score (nSPS) is 14.5. The Morgan fingerprint density at radius 3 is 2.40 bits per heavy atom. The van der Waals surface area contributed by atoms with Gasteiger partial charge in [-0.05, 0) is 60.4 Å². The highest BCUT2D eigenvalue weighted by atomic mass is 32.2. The third kappa shape index (κ3) is 4.11. The van der Waals surface area contributed by atoms with E-state index in [-0.39, 0.29) is 16.4 Å². The van der Waals surface area contributed by atoms with E-state index >= 15 is 0 Å². The largest absolute Gasteiger partial charge is 0.496 e. The van der Waals surface area contributed by atoms with Crippen LogP contribution in [0.2, 0.25) is 0 Å². The van der Waals surface area contributed by atoms with Crippen LogP contribution in [0.3, 0.4) is 0 Å². The molecule has 1 aliphatic rings. The minimum atomic E-state index is -3.87. The van der Waals surface area contributed by atoms with Crippen molar-refractivity contribution < 1.29 is 17.9 Å². The average Bonchev–Trinajstić information content (AvgIpc) is 2.78. The van der Waals surface area contributed by atoms with Gasteiger partial charge in [0.1, 0.15) is 5.75 Å². The lowest BCUT2D eigenvalue weighted by atomic mass is 10.1. The predicted octanol–water partition coefficient (Wildman–Crippen LogP) is 4.28. The molecule has 3 aromatic rings. The highest BCUT2D eigenvalue weighted by Crippen LogP contribution is 2.27. The number of anilines is 1. The van der Waals surface area contributed by atoms with Crippen LogP contribution < -0.4 is 9.46 Å². The summed E-state index contributed by atoms with van der Waals surface area (Å²) < 4.78 is 34.0. The minimum absolute atomic E-state index is 0.0248. The van der Waals surface area contributed by atoms with Gasteiger partial charge < -0.3 is 9.64 Å². The minimum Gasteiger partial charge on any atom is -0.496 e. The zero-order valence-corrected chi connectivity index (χ0v) is 17.6. The summed E-state index contributed by atoms with van der Waals surface area (Å²) in [6.07, 6.45) is 3.01. The van der Waals surface area contributed by atoms with Crippen LogP contribution in [0.15, 0.2) is 65.6 Å². The summed E-state index contributed by atoms with van der Waals surface area (Å²) in [5.41, 5.74) is 0.731. The fourth-order valence-electron chi connectivity index (χ4n) is 3.76. The van der Waals surface area contributed by atoms with Crippen molar-refractivity contribution in [2.75, 3.05) is 24.9 Å². The molecule has 1 amide bonds. The first kappa shape index (κ1) is 20.2. The number of piperidine rings is 1. The van der Waals surface area contributed by atoms with Crippen molar-refractivity contribution in [3.05, 3.63) is 66.2 Å². The fourth-order valence-corrected chi connectivity index (χ4v) is 4.83. The first-order chi connectivity index (χ1) is 14.5. The zero-order valence-electron chi connectivity index (χ0n) is 16.8. The van der Waals surface area contributed by atoms with E-state index in [1.165, 1.54) is 25.3 Å². The maximum Gasteiger partial charge on any atom is 0.261 e. The second kappa shape index (κ2) is 8.36. The van der Waals surface area contributed by atoms with Gasteiger partial charge in [-0.25, -0.2) is 8.42 Å². The number of likely N-dealkylation sites (tertiary alicyclic amines) is 1. The van der Waals surface area contributed by atoms with Crippen molar-refractivity contribution >= 4 is 32.4 Å². The molecular weight excluding hydrogens is 400 g/mol. The molecule has 0 saturated carbocycles. The maximum absolute atomic E-state index is 13.0. The molecule has 0 atom stereocenters. The molecule has 0 unspecified atom stereocenters. The molecule has 30 heavy (non-hydrogen) atoms. The third-order valence-electron chi connectivity index (χ3n) is 5.36. The van der Waals surface area contributed by atoms with Gasteiger partial charge in [0.2, 0.25) is 0 Å². The number of hydrogen-bond acceptors (Lipinski definition) is 4. The number of fused-ring (bicyclic) bond motifs is 1. The van der Waals surface area contributed by atoms with Gasteiger partial charge in [-0.15, -0.1) is 0 Å². The Morgan fingerprint density at radius 2 is 1.67 bits per heavy atom. The molecule has 0 bridgehead atoms. The SMILES string of the molecule is COc1ccc(S(=O)(=O)Nc2ccc3ccccc3c2)cc1C(=O)N1CCCCC1. The van der Waals surface area contributed by atoms with Crippen LogP contribution in [0.4, 0.5) is 5.69 Å². The van der Waals surface area contributed by atoms with Crippen molar-refractivity contribution in [1.29, 1.82) is 0 Å². The quantitative estimate of drug-likeness (QED) is 0.663. The molecule has 1 N–H and O–H groups in total. The standard InChI is InChI=1S/C23H24N2O4S/c1-29-22-12-11-20(16-21(22)23(26)25-13-5-2-6-14-25)30(27,28)24-19-10-9-17-7-3-4-8-18(17)15-19/h3-4,7-12,15-16,24H,2,5-6,13-14H2,1H3. The number of amides is 1. The molecule has 0 radical (unpaired) electrons. The number of methoxy groups -OCH3 is 1. The molecule has 1 saturated heterocycles. The summed E-state index contributed by atoms with van der Waals surface area (Å²) in [6, 6.07) is 17.5. The Hall–Kier alpha value is -3.06. The molecule has 1 fully saturated rings. The lowest BCUT2D eigenvalue weighted by molar-refractivity contribution is 0.0720. The molecule has 3 aromatic carbocycles. The molecule has 1 aliphatic heterocycles. The molecule has 0 spiro atoms. The second-order valence-corrected chi connectivity index (χ2v) is 9.06. The van der Waals surface area contributed by atoms with E-state index in [9.17, 15) is 13.2 Å². The van der Waals surface area contributed by atoms with Crippen LogP contribution in [-0.2, 0) is 10.0 Å². The number of nitrogens with zero attached hydrogens (tertiary/aromatic N) is 1. The zero-order chi connectivity index (χ0) is 21.1. The molecule has 6 nitrogen and oxygen atoms in total. The summed E-state index contributed by atoms with van der Waals surface area (Å²) in [5, 5.41) is 1.97. The highest BCUT2D eigenvalue weighted by Gasteiger charge is 2.24. The summed E-state index contributed by atoms with van der Waals surface area (Å²) in [5.74, 6) is 0.171. The van der Waals surface area contributed by atoms with Crippen LogP contribution in [0.1, 0.15) is 29.6 Å². The highest BCUT2D eigenvalue weighted by molar-refractivity contribution is 7.92. The average molecular weight is 425 g/mol. The maximum atomic E-state index is 13.0. The Kier molecular flexibility index (Phi) is 5.63. The van der Waals surface area contributed by atoms with Gasteiger partial charge in [0, 0.05) is 18.8 Å². The Bertz CT molecular complexity index is 1180. The van der Waals surface area contributed by atoms with Gasteiger partial charge in [-0.1, -0.05) is 30.3 Å². The molecule has 7 heteroatoms. The molecule has 1 heterocycles. The number of nitrogens with one attached hydrogen (secondary N) is 1. The number of sulfonamides is 1. The Labute approximate surface area is 176 Å². The van der Waals surface area contributed by atoms with Crippen molar-refractivity contribution in [1.82, 2.24) is 4.90 Å². The number of ether oxygens (including phenoxy) is 1. The van der Waals surface area contributed by atoms with Gasteiger partial charge in [0.05, 0.1) is 17.6 Å². The third-order valence-corrected chi connectivity index (χ3v) is 6.74. The topological polar surface area (TPSA) is 75.7 Å². The number of hydrogen-bond donors (Lipinski definition) is 1. The lowest BCUT2D eigenvalue weighted by Crippen LogP contribution is -2.35. The van der Waals surface area contributed by atoms with E-state index in [4.69, 9.17) is 4.74 Å². The summed E-state index contributed by atoms with van der Waals surface area (Å²) in [6.45, 7) is 1.35. The van der Waals surface area contributed by atoms with E-state index in [0.717, 1.165) is 30.0 Å². The molecule has 0 aromatic heterocycles. The molecule has 4 rings (SSSR count). The van der Waals surface area contributed by atoms with Gasteiger partial charge in [0.25, 0.3) is 15.9 Å². The van der Waals surface area contributed by atoms with Crippen molar-refractivity contribution in [2.24, 2.45) is 0 Å². The molecular formula is C23H24N2O4S. The second-order valence-electron chi connectivity index (χ2n) is 7.38. The Balaban J connectivity index is 1.65. The number of rotatable bonds is 5. The summed E-state index contributed by atoms with van der Waals surface area (Å²) in [4.78, 5) is 14.8. The van der Waals surface area contributed by atoms with Crippen molar-refractivity contribution in [3.8, 4) is 5.75 Å². The number of carbonyl (C=O) groups excluding carboxylic acids is 1. The number of carbonyl (C=O) groups is 1. The number of benzene rings is 3. The van der Waals surface area contributed by atoms with Crippen LogP contribution in [0, 0.1) is 0 Å². The van der Waals surface area contributed by atoms with Crippen LogP contribution in [-0.4, -0.2) is 39.4 Å². The molecule has 156 valence electrons. The van der Waals surface area contributed by atoms with Crippen LogP contribution in [0.25, 0.3) is 10.8 Å². The first-order valence-electron chi connectivity index (χ1n) is 9.97. The van der Waals surface area contributed by atoms with E-state index < -0.39 is 10.0 Å². The van der Waals surface area contributed by atoms with Crippen LogP contribution in [0.5, 0.6) is 5.75 Å². The molecule has 0 aliphatic carbocycles. The van der Waals surface area contributed by atoms with Crippen molar-refractivity contribution in [3.63, 3.8) is 0 Å². The van der Waals surface area contributed by atoms with Crippen molar-refractivity contribution in [2.45, 2.75) is 24.2 Å². The van der Waals surface area contributed by atoms with E-state index in [2.05, 4.69) is 4.72 Å². The predicted molar refractivity (Wildman–Crippen MR) is 118 cm³/mol. The van der Waals surface area contributed by atoms with Gasteiger partial charge in [-0.2, -0.15) is 0 Å². The van der Waals surface area contributed by atoms with E-state index in [0.29, 0.717) is 24.5 Å². The van der Waals surface area contributed by atoms with Crippen LogP contribution >= 0.6 is 0 Å². The first-order valence-corrected chi connectivity index (χ1v) is 11.5. The summed E-state index contributed by atoms with van der Waals surface area (Å²) in [7, 11) is -2.39. The van der Waals surface area contributed by atoms with Gasteiger partial charge in [-0.3, -0.25) is 9.52 Å². The van der Waals surface area contributed by atoms with Gasteiger partial charge >= 0.3 is 0 Å². The van der Waals surface area contributed by atoms with Gasteiger partial charge in [0.15, 0.2) is 0 Å².